The molecule has 0 aromatic carbocycles. The first-order chi connectivity index (χ1) is 5.56. The molecule has 0 unspecified atom stereocenters. The van der Waals surface area contributed by atoms with E-state index >= 15 is 0 Å². The maximum Gasteiger partial charge on any atom is 0.109 e. The second kappa shape index (κ2) is 7.13. The molecule has 0 N–H and O–H groups in total. The minimum Gasteiger partial charge on any atom is -0.316 e. The van der Waals surface area contributed by atoms with Crippen molar-refractivity contribution in [2.24, 2.45) is 5.41 Å². The Morgan fingerprint density at radius 2 is 1.58 bits per heavy atom. The lowest BCUT2D eigenvalue weighted by atomic mass is 9.89. The van der Waals surface area contributed by atoms with E-state index in [1.54, 1.807) is 0 Å². The fourth-order valence-electron chi connectivity index (χ4n) is 1.17. The lowest BCUT2D eigenvalue weighted by Crippen LogP contribution is -2.03. The van der Waals surface area contributed by atoms with E-state index in [-0.39, 0.29) is 0 Å². The molecule has 0 aliphatic rings. The van der Waals surface area contributed by atoms with Crippen LogP contribution in [0.4, 0.5) is 0 Å². The normalized spacial score (nSPS) is 12.0. The lowest BCUT2D eigenvalue weighted by Gasteiger charge is -2.17. The van der Waals surface area contributed by atoms with Crippen LogP contribution in [0.2, 0.25) is 0 Å². The van der Waals surface area contributed by atoms with Gasteiger partial charge in [0.1, 0.15) is 23.0 Å². The molecule has 0 rings (SSSR count). The third-order valence-electron chi connectivity index (χ3n) is 1.90. The van der Waals surface area contributed by atoms with E-state index in [1.807, 2.05) is 23.0 Å². The molecule has 0 heterocycles. The first kappa shape index (κ1) is 12.7. The van der Waals surface area contributed by atoms with Crippen LogP contribution in [-0.4, -0.2) is 6.61 Å². The minimum absolute atomic E-state index is 0.514. The van der Waals surface area contributed by atoms with Crippen LogP contribution in [0.1, 0.15) is 52.9 Å². The van der Waals surface area contributed by atoms with Gasteiger partial charge in [-0.15, -0.1) is 0 Å². The summed E-state index contributed by atoms with van der Waals surface area (Å²) in [4.78, 5) is 0. The summed E-state index contributed by atoms with van der Waals surface area (Å²) in [6.07, 6.45) is 6.60. The molecule has 2 heteroatoms. The Bertz CT molecular complexity index is 96.5. The Kier molecular flexibility index (Phi) is 7.54. The monoisotopic (exact) mass is 284 g/mol. The second-order valence-electron chi connectivity index (χ2n) is 4.54. The van der Waals surface area contributed by atoms with Crippen molar-refractivity contribution < 1.29 is 3.07 Å². The zero-order chi connectivity index (χ0) is 9.45. The highest BCUT2D eigenvalue weighted by Gasteiger charge is 2.08. The molecule has 0 bridgehead atoms. The zero-order valence-corrected chi connectivity index (χ0v) is 10.7. The molecule has 0 aromatic rings. The first-order valence-electron chi connectivity index (χ1n) is 4.80. The Balaban J connectivity index is 3.01. The van der Waals surface area contributed by atoms with Gasteiger partial charge in [-0.05, 0) is 18.3 Å². The first-order valence-corrected chi connectivity index (χ1v) is 5.68. The van der Waals surface area contributed by atoms with Crippen LogP contribution in [-0.2, 0) is 3.07 Å². The molecule has 0 saturated heterocycles. The zero-order valence-electron chi connectivity index (χ0n) is 8.53. The molecule has 0 aliphatic heterocycles. The van der Waals surface area contributed by atoms with Crippen molar-refractivity contribution >= 4 is 23.0 Å². The summed E-state index contributed by atoms with van der Waals surface area (Å²) in [7, 11) is 0. The van der Waals surface area contributed by atoms with Gasteiger partial charge in [-0.1, -0.05) is 40.0 Å². The van der Waals surface area contributed by atoms with Gasteiger partial charge < -0.3 is 3.07 Å². The highest BCUT2D eigenvalue weighted by molar-refractivity contribution is 14.1. The number of halogens is 1. The van der Waals surface area contributed by atoms with Crippen LogP contribution in [0.25, 0.3) is 0 Å². The smallest absolute Gasteiger partial charge is 0.109 e. The van der Waals surface area contributed by atoms with Crippen molar-refractivity contribution in [1.82, 2.24) is 0 Å². The van der Waals surface area contributed by atoms with Gasteiger partial charge >= 0.3 is 0 Å². The van der Waals surface area contributed by atoms with Gasteiger partial charge in [0, 0.05) is 0 Å². The van der Waals surface area contributed by atoms with Gasteiger partial charge in [0.05, 0.1) is 6.61 Å². The van der Waals surface area contributed by atoms with Gasteiger partial charge in [0.15, 0.2) is 0 Å². The third kappa shape index (κ3) is 10.7. The summed E-state index contributed by atoms with van der Waals surface area (Å²) < 4.78 is 4.96. The average molecular weight is 284 g/mol. The van der Waals surface area contributed by atoms with Crippen molar-refractivity contribution in [3.8, 4) is 0 Å². The highest BCUT2D eigenvalue weighted by atomic mass is 127. The molecule has 0 aromatic heterocycles. The quantitative estimate of drug-likeness (QED) is 0.520. The van der Waals surface area contributed by atoms with Gasteiger partial charge in [-0.2, -0.15) is 0 Å². The number of hydrogen-bond donors (Lipinski definition) is 0. The molecule has 0 radical (unpaired) electrons. The molecular weight excluding hydrogens is 263 g/mol. The topological polar surface area (TPSA) is 9.23 Å². The minimum atomic E-state index is 0.514. The molecule has 12 heavy (non-hydrogen) atoms. The van der Waals surface area contributed by atoms with Crippen molar-refractivity contribution in [3.05, 3.63) is 0 Å². The molecule has 0 amide bonds. The Morgan fingerprint density at radius 3 is 2.08 bits per heavy atom. The van der Waals surface area contributed by atoms with E-state index in [9.17, 15) is 0 Å². The molecule has 0 fully saturated rings. The van der Waals surface area contributed by atoms with E-state index in [0.717, 1.165) is 6.61 Å². The standard InChI is InChI=1S/C10H21IO/c1-10(2,3)8-6-4-5-7-9-12-11/h4-9H2,1-3H3. The van der Waals surface area contributed by atoms with Crippen molar-refractivity contribution in [2.45, 2.75) is 52.9 Å². The number of rotatable bonds is 6. The van der Waals surface area contributed by atoms with Gasteiger partial charge in [-0.25, -0.2) is 0 Å². The summed E-state index contributed by atoms with van der Waals surface area (Å²) in [6, 6.07) is 0. The Hall–Kier alpha value is 0.690. The molecule has 0 aliphatic carbocycles. The van der Waals surface area contributed by atoms with Crippen LogP contribution in [0.3, 0.4) is 0 Å². The highest BCUT2D eigenvalue weighted by Crippen LogP contribution is 2.22. The van der Waals surface area contributed by atoms with Gasteiger partial charge in [-0.3, -0.25) is 0 Å². The molecule has 74 valence electrons. The maximum atomic E-state index is 4.96. The Labute approximate surface area is 91.0 Å². The number of hydrogen-bond acceptors (Lipinski definition) is 1. The molecule has 0 spiro atoms. The third-order valence-corrected chi connectivity index (χ3v) is 2.34. The summed E-state index contributed by atoms with van der Waals surface area (Å²) in [6.45, 7) is 7.83. The van der Waals surface area contributed by atoms with E-state index in [4.69, 9.17) is 3.07 Å². The molecular formula is C10H21IO. The molecule has 0 saturated carbocycles. The van der Waals surface area contributed by atoms with Crippen molar-refractivity contribution in [3.63, 3.8) is 0 Å². The van der Waals surface area contributed by atoms with Crippen LogP contribution < -0.4 is 0 Å². The summed E-state index contributed by atoms with van der Waals surface area (Å²) in [5, 5.41) is 0. The number of unbranched alkanes of at least 4 members (excludes halogenated alkanes) is 3. The summed E-state index contributed by atoms with van der Waals surface area (Å²) in [5.74, 6) is 0. The maximum absolute atomic E-state index is 4.96. The molecule has 0 atom stereocenters. The van der Waals surface area contributed by atoms with Gasteiger partial charge in [0.2, 0.25) is 0 Å². The van der Waals surface area contributed by atoms with E-state index in [0.29, 0.717) is 5.41 Å². The average Bonchev–Trinajstić information content (AvgIpc) is 1.94. The largest absolute Gasteiger partial charge is 0.316 e. The summed E-state index contributed by atoms with van der Waals surface area (Å²) in [5.41, 5.74) is 0.514. The summed E-state index contributed by atoms with van der Waals surface area (Å²) >= 11 is 1.96. The second-order valence-corrected chi connectivity index (χ2v) is 5.16. The fraction of sp³-hybridized carbons (Fsp3) is 1.00. The predicted octanol–water partition coefficient (Wildman–Crippen LogP) is 4.35. The van der Waals surface area contributed by atoms with Crippen LogP contribution in [0, 0.1) is 5.41 Å². The lowest BCUT2D eigenvalue weighted by molar-refractivity contribution is 0.349. The Morgan fingerprint density at radius 1 is 1.00 bits per heavy atom. The van der Waals surface area contributed by atoms with Crippen molar-refractivity contribution in [1.29, 1.82) is 0 Å². The van der Waals surface area contributed by atoms with Crippen molar-refractivity contribution in [2.75, 3.05) is 6.61 Å². The van der Waals surface area contributed by atoms with Crippen LogP contribution >= 0.6 is 23.0 Å². The van der Waals surface area contributed by atoms with Crippen LogP contribution in [0.15, 0.2) is 0 Å². The van der Waals surface area contributed by atoms with Gasteiger partial charge in [0.25, 0.3) is 0 Å². The fourth-order valence-corrected chi connectivity index (χ4v) is 1.48. The predicted molar refractivity (Wildman–Crippen MR) is 62.5 cm³/mol. The molecule has 1 nitrogen and oxygen atoms in total. The van der Waals surface area contributed by atoms with Crippen LogP contribution in [0.5, 0.6) is 0 Å². The van der Waals surface area contributed by atoms with E-state index in [1.165, 1.54) is 32.1 Å². The SMILES string of the molecule is CC(C)(C)CCCCCCOI. The van der Waals surface area contributed by atoms with E-state index < -0.39 is 0 Å². The van der Waals surface area contributed by atoms with E-state index in [2.05, 4.69) is 20.8 Å².